The first-order valence-corrected chi connectivity index (χ1v) is 7.76. The third kappa shape index (κ3) is 2.17. The molecule has 0 spiro atoms. The van der Waals surface area contributed by atoms with Crippen molar-refractivity contribution in [3.05, 3.63) is 60.7 Å². The normalized spacial score (nSPS) is 10.5. The Morgan fingerprint density at radius 3 is 2.18 bits per heavy atom. The van der Waals surface area contributed by atoms with Gasteiger partial charge in [0.2, 0.25) is 0 Å². The van der Waals surface area contributed by atoms with Gasteiger partial charge in [0, 0.05) is 23.2 Å². The Kier molecular flexibility index (Phi) is 3.92. The van der Waals surface area contributed by atoms with Gasteiger partial charge < -0.3 is 5.32 Å². The van der Waals surface area contributed by atoms with Gasteiger partial charge in [0.15, 0.2) is 0 Å². The number of para-hydroxylation sites is 1. The molecular formula is C20H20N2. The Balaban J connectivity index is 0.000000693. The van der Waals surface area contributed by atoms with E-state index in [0.29, 0.717) is 0 Å². The van der Waals surface area contributed by atoms with Crippen molar-refractivity contribution in [2.45, 2.75) is 13.8 Å². The van der Waals surface area contributed by atoms with Gasteiger partial charge in [-0.05, 0) is 11.5 Å². The van der Waals surface area contributed by atoms with Gasteiger partial charge in [-0.25, -0.2) is 4.98 Å². The van der Waals surface area contributed by atoms with E-state index in [1.165, 1.54) is 16.2 Å². The lowest BCUT2D eigenvalue weighted by Gasteiger charge is -2.11. The highest BCUT2D eigenvalue weighted by molar-refractivity contribution is 6.15. The molecule has 1 N–H and O–H groups in total. The number of hydrogen-bond donors (Lipinski definition) is 1. The summed E-state index contributed by atoms with van der Waals surface area (Å²) in [5.41, 5.74) is 3.24. The van der Waals surface area contributed by atoms with Crippen LogP contribution in [0.4, 0.5) is 5.69 Å². The summed E-state index contributed by atoms with van der Waals surface area (Å²) in [6.45, 7) is 4.00. The van der Waals surface area contributed by atoms with Crippen LogP contribution in [0, 0.1) is 0 Å². The summed E-state index contributed by atoms with van der Waals surface area (Å²) in [5.74, 6) is 0. The minimum absolute atomic E-state index is 1.03. The summed E-state index contributed by atoms with van der Waals surface area (Å²) in [4.78, 5) is 4.87. The second kappa shape index (κ2) is 6.02. The first-order valence-electron chi connectivity index (χ1n) is 7.76. The number of rotatable bonds is 1. The Hall–Kier alpha value is -2.61. The van der Waals surface area contributed by atoms with E-state index < -0.39 is 0 Å². The van der Waals surface area contributed by atoms with Gasteiger partial charge in [0.25, 0.3) is 0 Å². The van der Waals surface area contributed by atoms with Gasteiger partial charge in [0.05, 0.1) is 16.7 Å². The highest BCUT2D eigenvalue weighted by Gasteiger charge is 2.09. The van der Waals surface area contributed by atoms with Crippen LogP contribution in [0.5, 0.6) is 0 Å². The zero-order valence-corrected chi connectivity index (χ0v) is 13.2. The SMILES string of the molecule is CC.CNc1c2ccccc2nc2c1ccc1ccccc12. The molecule has 4 rings (SSSR count). The lowest BCUT2D eigenvalue weighted by Crippen LogP contribution is -1.94. The third-order valence-electron chi connectivity index (χ3n) is 3.83. The van der Waals surface area contributed by atoms with Crippen LogP contribution in [0.15, 0.2) is 60.7 Å². The number of hydrogen-bond acceptors (Lipinski definition) is 2. The average Bonchev–Trinajstić information content (AvgIpc) is 2.61. The summed E-state index contributed by atoms with van der Waals surface area (Å²) in [5, 5.41) is 8.10. The molecule has 0 aliphatic carbocycles. The van der Waals surface area contributed by atoms with Gasteiger partial charge in [-0.15, -0.1) is 0 Å². The van der Waals surface area contributed by atoms with Crippen LogP contribution in [0.1, 0.15) is 13.8 Å². The molecule has 1 aromatic heterocycles. The minimum Gasteiger partial charge on any atom is -0.387 e. The first-order chi connectivity index (χ1) is 10.9. The van der Waals surface area contributed by atoms with Gasteiger partial charge in [0.1, 0.15) is 0 Å². The third-order valence-corrected chi connectivity index (χ3v) is 3.83. The standard InChI is InChI=1S/C18H14N2.C2H6/c1-19-17-14-8-4-5-9-16(14)20-18-13-7-3-2-6-12(13)10-11-15(17)18;1-2/h2-11H,1H3,(H,19,20);1-2H3. The number of fused-ring (bicyclic) bond motifs is 4. The minimum atomic E-state index is 1.03. The molecule has 0 radical (unpaired) electrons. The predicted octanol–water partition coefficient (Wildman–Crippen LogP) is 5.61. The van der Waals surface area contributed by atoms with Crippen LogP contribution in [0.2, 0.25) is 0 Å². The zero-order valence-electron chi connectivity index (χ0n) is 13.2. The summed E-state index contributed by atoms with van der Waals surface area (Å²) in [7, 11) is 1.97. The second-order valence-electron chi connectivity index (χ2n) is 4.94. The van der Waals surface area contributed by atoms with Crippen molar-refractivity contribution in [2.75, 3.05) is 12.4 Å². The predicted molar refractivity (Wildman–Crippen MR) is 97.6 cm³/mol. The molecule has 0 bridgehead atoms. The molecule has 3 aromatic carbocycles. The van der Waals surface area contributed by atoms with Crippen molar-refractivity contribution >= 4 is 38.3 Å². The maximum atomic E-state index is 4.87. The van der Waals surface area contributed by atoms with Crippen LogP contribution < -0.4 is 5.32 Å². The monoisotopic (exact) mass is 288 g/mol. The Morgan fingerprint density at radius 2 is 1.41 bits per heavy atom. The fourth-order valence-electron chi connectivity index (χ4n) is 2.89. The van der Waals surface area contributed by atoms with Crippen molar-refractivity contribution < 1.29 is 0 Å². The molecule has 0 amide bonds. The molecule has 110 valence electrons. The molecule has 22 heavy (non-hydrogen) atoms. The lowest BCUT2D eigenvalue weighted by atomic mass is 10.0. The highest BCUT2D eigenvalue weighted by atomic mass is 14.8. The molecule has 0 aliphatic heterocycles. The Bertz CT molecular complexity index is 942. The summed E-state index contributed by atoms with van der Waals surface area (Å²) in [6, 6.07) is 21.0. The van der Waals surface area contributed by atoms with Crippen molar-refractivity contribution in [1.29, 1.82) is 0 Å². The molecular weight excluding hydrogens is 268 g/mol. The molecule has 2 nitrogen and oxygen atoms in total. The quantitative estimate of drug-likeness (QED) is 0.364. The maximum Gasteiger partial charge on any atom is 0.0808 e. The van der Waals surface area contributed by atoms with Gasteiger partial charge in [-0.3, -0.25) is 0 Å². The number of aromatic nitrogens is 1. The fraction of sp³-hybridized carbons (Fsp3) is 0.150. The van der Waals surface area contributed by atoms with Crippen molar-refractivity contribution in [1.82, 2.24) is 4.98 Å². The van der Waals surface area contributed by atoms with E-state index in [-0.39, 0.29) is 0 Å². The summed E-state index contributed by atoms with van der Waals surface area (Å²) in [6.07, 6.45) is 0. The molecule has 0 unspecified atom stereocenters. The molecule has 1 heterocycles. The topological polar surface area (TPSA) is 24.9 Å². The molecule has 0 aliphatic rings. The zero-order chi connectivity index (χ0) is 15.5. The lowest BCUT2D eigenvalue weighted by molar-refractivity contribution is 1.49. The van der Waals surface area contributed by atoms with Gasteiger partial charge in [-0.2, -0.15) is 0 Å². The van der Waals surface area contributed by atoms with Crippen LogP contribution in [0.25, 0.3) is 32.6 Å². The van der Waals surface area contributed by atoms with Crippen molar-refractivity contribution in [3.63, 3.8) is 0 Å². The van der Waals surface area contributed by atoms with E-state index in [1.54, 1.807) is 0 Å². The van der Waals surface area contributed by atoms with Crippen LogP contribution in [0.3, 0.4) is 0 Å². The maximum absolute atomic E-state index is 4.87. The Morgan fingerprint density at radius 1 is 0.727 bits per heavy atom. The van der Waals surface area contributed by atoms with Gasteiger partial charge in [-0.1, -0.05) is 68.4 Å². The van der Waals surface area contributed by atoms with Gasteiger partial charge >= 0.3 is 0 Å². The largest absolute Gasteiger partial charge is 0.387 e. The van der Waals surface area contributed by atoms with E-state index in [0.717, 1.165) is 22.1 Å². The van der Waals surface area contributed by atoms with Crippen molar-refractivity contribution in [2.24, 2.45) is 0 Å². The summed E-state index contributed by atoms with van der Waals surface area (Å²) >= 11 is 0. The smallest absolute Gasteiger partial charge is 0.0808 e. The molecule has 0 saturated carbocycles. The van der Waals surface area contributed by atoms with E-state index >= 15 is 0 Å². The number of pyridine rings is 1. The Labute approximate surface area is 130 Å². The van der Waals surface area contributed by atoms with Crippen LogP contribution in [-0.4, -0.2) is 12.0 Å². The van der Waals surface area contributed by atoms with Crippen LogP contribution >= 0.6 is 0 Å². The molecule has 0 saturated heterocycles. The van der Waals surface area contributed by atoms with E-state index in [2.05, 4.69) is 59.9 Å². The van der Waals surface area contributed by atoms with E-state index in [9.17, 15) is 0 Å². The highest BCUT2D eigenvalue weighted by Crippen LogP contribution is 2.33. The second-order valence-corrected chi connectivity index (χ2v) is 4.94. The van der Waals surface area contributed by atoms with E-state index in [4.69, 9.17) is 4.98 Å². The van der Waals surface area contributed by atoms with Crippen LogP contribution in [-0.2, 0) is 0 Å². The summed E-state index contributed by atoms with van der Waals surface area (Å²) < 4.78 is 0. The van der Waals surface area contributed by atoms with Crippen molar-refractivity contribution in [3.8, 4) is 0 Å². The molecule has 0 atom stereocenters. The number of benzene rings is 3. The number of anilines is 1. The average molecular weight is 288 g/mol. The fourth-order valence-corrected chi connectivity index (χ4v) is 2.89. The van der Waals surface area contributed by atoms with E-state index in [1.807, 2.05) is 27.0 Å². The number of nitrogens with one attached hydrogen (secondary N) is 1. The molecule has 4 aromatic rings. The first kappa shape index (κ1) is 14.3. The molecule has 0 fully saturated rings. The molecule has 2 heteroatoms. The number of nitrogens with zero attached hydrogens (tertiary/aromatic N) is 1.